The molecule has 1 amide bonds. The summed E-state index contributed by atoms with van der Waals surface area (Å²) in [5, 5.41) is 2.69. The van der Waals surface area contributed by atoms with Crippen LogP contribution in [0, 0.1) is 18.8 Å². The van der Waals surface area contributed by atoms with Crippen molar-refractivity contribution in [3.8, 4) is 23.1 Å². The molecule has 0 spiro atoms. The Morgan fingerprint density at radius 2 is 1.79 bits per heavy atom. The fourth-order valence-corrected chi connectivity index (χ4v) is 5.01. The third-order valence-corrected chi connectivity index (χ3v) is 7.77. The third-order valence-electron chi connectivity index (χ3n) is 5.97. The van der Waals surface area contributed by atoms with Crippen LogP contribution in [-0.2, 0) is 27.8 Å². The minimum absolute atomic E-state index is 0.124. The fourth-order valence-electron chi connectivity index (χ4n) is 3.84. The molecule has 0 aliphatic carbocycles. The smallest absolute Gasteiger partial charge is 0.264 e. The molecule has 9 nitrogen and oxygen atoms in total. The summed E-state index contributed by atoms with van der Waals surface area (Å²) in [6, 6.07) is 11.9. The SMILES string of the molecule is CCc1ncnc(-c2ccnc(C)c2)c1C#Cc1cncc(N(C)S(=O)(=O)c2ccc(CNC(C)=O)cc2)c1. The van der Waals surface area contributed by atoms with Gasteiger partial charge in [0.2, 0.25) is 5.91 Å². The summed E-state index contributed by atoms with van der Waals surface area (Å²) in [5.74, 6) is 6.15. The second kappa shape index (κ2) is 11.8. The first kappa shape index (κ1) is 27.4. The lowest BCUT2D eigenvalue weighted by Gasteiger charge is -2.19. The molecule has 4 aromatic rings. The van der Waals surface area contributed by atoms with Crippen LogP contribution < -0.4 is 9.62 Å². The number of aryl methyl sites for hydroxylation is 2. The summed E-state index contributed by atoms with van der Waals surface area (Å²) in [6.07, 6.45) is 6.99. The van der Waals surface area contributed by atoms with Gasteiger partial charge in [-0.1, -0.05) is 30.9 Å². The first-order valence-corrected chi connectivity index (χ1v) is 13.7. The zero-order valence-electron chi connectivity index (χ0n) is 22.1. The number of hydrogen-bond donors (Lipinski definition) is 1. The van der Waals surface area contributed by atoms with Gasteiger partial charge in [0.25, 0.3) is 10.0 Å². The van der Waals surface area contributed by atoms with Gasteiger partial charge in [0.15, 0.2) is 0 Å². The highest BCUT2D eigenvalue weighted by atomic mass is 32.2. The molecular weight excluding hydrogens is 512 g/mol. The number of hydrogen-bond acceptors (Lipinski definition) is 7. The molecular formula is C29H28N6O3S. The Bertz CT molecular complexity index is 1680. The van der Waals surface area contributed by atoms with Gasteiger partial charge < -0.3 is 5.32 Å². The standard InChI is InChI=1S/C29H28N6O3S/c1-5-28-27(29(34-19-33-28)24-12-13-31-20(2)14-24)11-8-23-15-25(18-30-16-23)35(4)39(37,38)26-9-6-22(7-10-26)17-32-21(3)36/h6-7,9-10,12-16,18-19H,5,17H2,1-4H3,(H,32,36). The van der Waals surface area contributed by atoms with E-state index in [2.05, 4.69) is 37.1 Å². The average molecular weight is 541 g/mol. The molecule has 0 saturated carbocycles. The molecule has 0 aliphatic rings. The molecule has 0 saturated heterocycles. The van der Waals surface area contributed by atoms with E-state index in [4.69, 9.17) is 0 Å². The molecule has 0 aliphatic heterocycles. The van der Waals surface area contributed by atoms with Gasteiger partial charge in [-0.05, 0) is 49.2 Å². The van der Waals surface area contributed by atoms with Crippen molar-refractivity contribution >= 4 is 21.6 Å². The van der Waals surface area contributed by atoms with Crippen molar-refractivity contribution in [1.29, 1.82) is 0 Å². The number of rotatable bonds is 7. The molecule has 0 unspecified atom stereocenters. The van der Waals surface area contributed by atoms with Crippen molar-refractivity contribution in [2.24, 2.45) is 0 Å². The summed E-state index contributed by atoms with van der Waals surface area (Å²) < 4.78 is 27.7. The highest BCUT2D eigenvalue weighted by Crippen LogP contribution is 2.24. The Kier molecular flexibility index (Phi) is 8.32. The topological polar surface area (TPSA) is 118 Å². The Morgan fingerprint density at radius 1 is 1.03 bits per heavy atom. The second-order valence-electron chi connectivity index (χ2n) is 8.79. The van der Waals surface area contributed by atoms with E-state index in [0.29, 0.717) is 35.5 Å². The second-order valence-corrected chi connectivity index (χ2v) is 10.8. The Labute approximate surface area is 228 Å². The molecule has 0 fully saturated rings. The molecule has 3 aromatic heterocycles. The normalized spacial score (nSPS) is 10.9. The average Bonchev–Trinajstić information content (AvgIpc) is 2.94. The van der Waals surface area contributed by atoms with Crippen molar-refractivity contribution in [2.75, 3.05) is 11.4 Å². The summed E-state index contributed by atoms with van der Waals surface area (Å²) in [6.45, 7) is 5.67. The van der Waals surface area contributed by atoms with Crippen molar-refractivity contribution in [3.63, 3.8) is 0 Å². The van der Waals surface area contributed by atoms with Gasteiger partial charge in [-0.15, -0.1) is 0 Å². The third kappa shape index (κ3) is 6.45. The maximum absolute atomic E-state index is 13.3. The molecule has 1 N–H and O–H groups in total. The predicted octanol–water partition coefficient (Wildman–Crippen LogP) is 3.67. The van der Waals surface area contributed by atoms with Crippen LogP contribution in [0.15, 0.2) is 72.3 Å². The fraction of sp³-hybridized carbons (Fsp3) is 0.207. The zero-order valence-corrected chi connectivity index (χ0v) is 23.0. The van der Waals surface area contributed by atoms with Gasteiger partial charge in [0.1, 0.15) is 6.33 Å². The van der Waals surface area contributed by atoms with Gasteiger partial charge in [0.05, 0.1) is 33.7 Å². The number of nitrogens with one attached hydrogen (secondary N) is 1. The molecule has 0 bridgehead atoms. The molecule has 4 rings (SSSR count). The van der Waals surface area contributed by atoms with Crippen molar-refractivity contribution in [2.45, 2.75) is 38.6 Å². The van der Waals surface area contributed by atoms with Crippen LogP contribution in [0.2, 0.25) is 0 Å². The largest absolute Gasteiger partial charge is 0.352 e. The van der Waals surface area contributed by atoms with Crippen molar-refractivity contribution in [1.82, 2.24) is 25.3 Å². The van der Waals surface area contributed by atoms with Crippen LogP contribution in [0.5, 0.6) is 0 Å². The number of sulfonamides is 1. The lowest BCUT2D eigenvalue weighted by Crippen LogP contribution is -2.26. The molecule has 198 valence electrons. The number of amides is 1. The first-order chi connectivity index (χ1) is 18.7. The van der Waals surface area contributed by atoms with Crippen molar-refractivity contribution < 1.29 is 13.2 Å². The zero-order chi connectivity index (χ0) is 28.0. The van der Waals surface area contributed by atoms with Gasteiger partial charge in [0, 0.05) is 49.7 Å². The number of carbonyl (C=O) groups is 1. The Hall–Kier alpha value is -4.62. The predicted molar refractivity (Wildman–Crippen MR) is 149 cm³/mol. The minimum atomic E-state index is -3.85. The Morgan fingerprint density at radius 3 is 2.49 bits per heavy atom. The summed E-state index contributed by atoms with van der Waals surface area (Å²) in [4.78, 5) is 28.6. The summed E-state index contributed by atoms with van der Waals surface area (Å²) >= 11 is 0. The minimum Gasteiger partial charge on any atom is -0.352 e. The van der Waals surface area contributed by atoms with E-state index in [1.807, 2.05) is 26.0 Å². The van der Waals surface area contributed by atoms with E-state index >= 15 is 0 Å². The number of nitrogens with zero attached hydrogens (tertiary/aromatic N) is 5. The summed E-state index contributed by atoms with van der Waals surface area (Å²) in [7, 11) is -2.38. The maximum atomic E-state index is 13.3. The highest BCUT2D eigenvalue weighted by Gasteiger charge is 2.22. The number of anilines is 1. The molecule has 39 heavy (non-hydrogen) atoms. The summed E-state index contributed by atoms with van der Waals surface area (Å²) in [5.41, 5.74) is 5.70. The monoisotopic (exact) mass is 540 g/mol. The van der Waals surface area contributed by atoms with Gasteiger partial charge in [-0.3, -0.25) is 19.1 Å². The van der Waals surface area contributed by atoms with Gasteiger partial charge >= 0.3 is 0 Å². The van der Waals surface area contributed by atoms with Crippen LogP contribution in [0.4, 0.5) is 5.69 Å². The van der Waals surface area contributed by atoms with E-state index < -0.39 is 10.0 Å². The first-order valence-electron chi connectivity index (χ1n) is 12.2. The molecule has 3 heterocycles. The maximum Gasteiger partial charge on any atom is 0.264 e. The van der Waals surface area contributed by atoms with Crippen molar-refractivity contribution in [3.05, 3.63) is 95.5 Å². The van der Waals surface area contributed by atoms with Crippen LogP contribution >= 0.6 is 0 Å². The van der Waals surface area contributed by atoms with E-state index in [-0.39, 0.29) is 10.8 Å². The van der Waals surface area contributed by atoms with E-state index in [1.165, 1.54) is 42.9 Å². The van der Waals surface area contributed by atoms with Gasteiger partial charge in [-0.2, -0.15) is 0 Å². The van der Waals surface area contributed by atoms with Crippen LogP contribution in [0.25, 0.3) is 11.3 Å². The van der Waals surface area contributed by atoms with Gasteiger partial charge in [-0.25, -0.2) is 18.4 Å². The van der Waals surface area contributed by atoms with Crippen LogP contribution in [-0.4, -0.2) is 41.3 Å². The quantitative estimate of drug-likeness (QED) is 0.356. The lowest BCUT2D eigenvalue weighted by molar-refractivity contribution is -0.119. The van der Waals surface area contributed by atoms with Crippen LogP contribution in [0.3, 0.4) is 0 Å². The number of pyridine rings is 2. The molecule has 0 atom stereocenters. The number of benzene rings is 1. The number of aromatic nitrogens is 4. The molecule has 10 heteroatoms. The van der Waals surface area contributed by atoms with E-state index in [9.17, 15) is 13.2 Å². The molecule has 0 radical (unpaired) electrons. The Balaban J connectivity index is 1.63. The van der Waals surface area contributed by atoms with Crippen LogP contribution in [0.1, 0.15) is 41.9 Å². The lowest BCUT2D eigenvalue weighted by atomic mass is 10.0. The van der Waals surface area contributed by atoms with E-state index in [0.717, 1.165) is 22.5 Å². The van der Waals surface area contributed by atoms with E-state index in [1.54, 1.807) is 30.6 Å². The number of carbonyl (C=O) groups excluding carboxylic acids is 1. The molecule has 1 aromatic carbocycles. The highest BCUT2D eigenvalue weighted by molar-refractivity contribution is 7.92.